The van der Waals surface area contributed by atoms with Gasteiger partial charge in [0.1, 0.15) is 22.8 Å². The number of para-hydroxylation sites is 2. The van der Waals surface area contributed by atoms with Crippen LogP contribution in [0.4, 0.5) is 17.3 Å². The molecule has 2 N–H and O–H groups in total. The molecule has 150 valence electrons. The second kappa shape index (κ2) is 9.41. The lowest BCUT2D eigenvalue weighted by molar-refractivity contribution is 0.102. The molecule has 29 heavy (non-hydrogen) atoms. The number of hydrogen-bond acceptors (Lipinski definition) is 7. The van der Waals surface area contributed by atoms with E-state index in [0.29, 0.717) is 29.7 Å². The molecular formula is C21H22N4O4. The molecule has 0 atom stereocenters. The van der Waals surface area contributed by atoms with Crippen molar-refractivity contribution in [2.45, 2.75) is 6.92 Å². The number of nitrogens with zero attached hydrogens (tertiary/aromatic N) is 2. The molecule has 0 bridgehead atoms. The van der Waals surface area contributed by atoms with Gasteiger partial charge in [0.05, 0.1) is 26.5 Å². The fraction of sp³-hybridized carbons (Fsp3) is 0.190. The molecule has 0 saturated heterocycles. The molecule has 8 nitrogen and oxygen atoms in total. The topological polar surface area (TPSA) is 94.6 Å². The van der Waals surface area contributed by atoms with E-state index in [1.807, 2.05) is 31.2 Å². The van der Waals surface area contributed by atoms with Gasteiger partial charge in [-0.15, -0.1) is 10.2 Å². The fourth-order valence-electron chi connectivity index (χ4n) is 2.71. The number of carbonyl (C=O) groups is 1. The number of carbonyl (C=O) groups excluding carboxylic acids is 1. The summed E-state index contributed by atoms with van der Waals surface area (Å²) in [7, 11) is 2.98. The van der Waals surface area contributed by atoms with Crippen LogP contribution in [0.2, 0.25) is 0 Å². The second-order valence-electron chi connectivity index (χ2n) is 5.85. The molecule has 0 aliphatic carbocycles. The maximum absolute atomic E-state index is 12.7. The predicted molar refractivity (Wildman–Crippen MR) is 110 cm³/mol. The van der Waals surface area contributed by atoms with E-state index in [0.717, 1.165) is 11.4 Å². The smallest absolute Gasteiger partial charge is 0.264 e. The lowest BCUT2D eigenvalue weighted by Gasteiger charge is -2.13. The Morgan fingerprint density at radius 3 is 2.10 bits per heavy atom. The van der Waals surface area contributed by atoms with Crippen molar-refractivity contribution in [3.8, 4) is 17.2 Å². The van der Waals surface area contributed by atoms with Crippen molar-refractivity contribution in [2.24, 2.45) is 0 Å². The van der Waals surface area contributed by atoms with Gasteiger partial charge in [-0.1, -0.05) is 18.2 Å². The van der Waals surface area contributed by atoms with Crippen LogP contribution in [0.25, 0.3) is 0 Å². The van der Waals surface area contributed by atoms with Crippen molar-refractivity contribution >= 4 is 23.2 Å². The van der Waals surface area contributed by atoms with Crippen molar-refractivity contribution in [3.05, 3.63) is 60.2 Å². The molecule has 0 unspecified atom stereocenters. The number of aromatic nitrogens is 2. The first kappa shape index (κ1) is 19.9. The molecular weight excluding hydrogens is 372 g/mol. The third kappa shape index (κ3) is 4.73. The van der Waals surface area contributed by atoms with Crippen molar-refractivity contribution < 1.29 is 19.0 Å². The molecule has 0 aliphatic heterocycles. The average Bonchev–Trinajstić information content (AvgIpc) is 2.76. The standard InChI is InChI=1S/C21H22N4O4/c1-4-29-15-9-6-5-8-14(15)22-18-12-13-19(25-24-18)23-21(26)20-16(27-2)10-7-11-17(20)28-3/h5-13H,4H2,1-3H3,(H,22,24)(H,23,25,26). The molecule has 1 amide bonds. The summed E-state index contributed by atoms with van der Waals surface area (Å²) in [5, 5.41) is 14.0. The van der Waals surface area contributed by atoms with E-state index in [1.54, 1.807) is 30.3 Å². The van der Waals surface area contributed by atoms with Gasteiger partial charge in [0, 0.05) is 0 Å². The number of nitrogens with one attached hydrogen (secondary N) is 2. The van der Waals surface area contributed by atoms with Gasteiger partial charge >= 0.3 is 0 Å². The first-order valence-electron chi connectivity index (χ1n) is 9.01. The number of amides is 1. The molecule has 3 rings (SSSR count). The molecule has 0 radical (unpaired) electrons. The Hall–Kier alpha value is -3.81. The SMILES string of the molecule is CCOc1ccccc1Nc1ccc(NC(=O)c2c(OC)cccc2OC)nn1. The molecule has 1 heterocycles. The van der Waals surface area contributed by atoms with Crippen molar-refractivity contribution in [1.82, 2.24) is 10.2 Å². The summed E-state index contributed by atoms with van der Waals surface area (Å²) in [6.45, 7) is 2.48. The zero-order valence-corrected chi connectivity index (χ0v) is 16.4. The summed E-state index contributed by atoms with van der Waals surface area (Å²) in [5.74, 6) is 1.94. The van der Waals surface area contributed by atoms with Gasteiger partial charge in [-0.3, -0.25) is 4.79 Å². The minimum Gasteiger partial charge on any atom is -0.496 e. The van der Waals surface area contributed by atoms with Crippen LogP contribution in [0.3, 0.4) is 0 Å². The van der Waals surface area contributed by atoms with E-state index in [2.05, 4.69) is 20.8 Å². The van der Waals surface area contributed by atoms with Gasteiger partial charge in [-0.2, -0.15) is 0 Å². The van der Waals surface area contributed by atoms with E-state index in [9.17, 15) is 4.79 Å². The van der Waals surface area contributed by atoms with E-state index in [-0.39, 0.29) is 5.56 Å². The molecule has 1 aromatic heterocycles. The highest BCUT2D eigenvalue weighted by Crippen LogP contribution is 2.29. The number of anilines is 3. The summed E-state index contributed by atoms with van der Waals surface area (Å²) < 4.78 is 16.1. The molecule has 0 spiro atoms. The van der Waals surface area contributed by atoms with Crippen LogP contribution in [0.1, 0.15) is 17.3 Å². The third-order valence-electron chi connectivity index (χ3n) is 4.01. The first-order chi connectivity index (χ1) is 14.2. The lowest BCUT2D eigenvalue weighted by Crippen LogP contribution is -2.16. The zero-order valence-electron chi connectivity index (χ0n) is 16.4. The van der Waals surface area contributed by atoms with Crippen LogP contribution in [-0.4, -0.2) is 36.9 Å². The first-order valence-corrected chi connectivity index (χ1v) is 9.01. The van der Waals surface area contributed by atoms with Crippen molar-refractivity contribution in [3.63, 3.8) is 0 Å². The van der Waals surface area contributed by atoms with Crippen LogP contribution < -0.4 is 24.8 Å². The highest BCUT2D eigenvalue weighted by molar-refractivity contribution is 6.07. The number of methoxy groups -OCH3 is 2. The zero-order chi connectivity index (χ0) is 20.6. The predicted octanol–water partition coefficient (Wildman–Crippen LogP) is 3.89. The van der Waals surface area contributed by atoms with Gasteiger partial charge in [0.15, 0.2) is 11.6 Å². The quantitative estimate of drug-likeness (QED) is 0.598. The fourth-order valence-corrected chi connectivity index (χ4v) is 2.71. The van der Waals surface area contributed by atoms with Gasteiger partial charge < -0.3 is 24.8 Å². The van der Waals surface area contributed by atoms with E-state index in [1.165, 1.54) is 14.2 Å². The van der Waals surface area contributed by atoms with Crippen LogP contribution >= 0.6 is 0 Å². The maximum Gasteiger partial charge on any atom is 0.264 e. The van der Waals surface area contributed by atoms with Crippen molar-refractivity contribution in [1.29, 1.82) is 0 Å². The minimum atomic E-state index is -0.406. The van der Waals surface area contributed by atoms with Gasteiger partial charge in [0.2, 0.25) is 0 Å². The Labute approximate surface area is 168 Å². The van der Waals surface area contributed by atoms with E-state index in [4.69, 9.17) is 14.2 Å². The number of ether oxygens (including phenoxy) is 3. The van der Waals surface area contributed by atoms with Gasteiger partial charge in [-0.25, -0.2) is 0 Å². The van der Waals surface area contributed by atoms with Crippen LogP contribution in [0.5, 0.6) is 17.2 Å². The Bertz CT molecular complexity index is 954. The molecule has 2 aromatic carbocycles. The monoisotopic (exact) mass is 394 g/mol. The lowest BCUT2D eigenvalue weighted by atomic mass is 10.1. The number of rotatable bonds is 8. The van der Waals surface area contributed by atoms with Gasteiger partial charge in [0.25, 0.3) is 5.91 Å². The number of benzene rings is 2. The van der Waals surface area contributed by atoms with Crippen molar-refractivity contribution in [2.75, 3.05) is 31.5 Å². The highest BCUT2D eigenvalue weighted by Gasteiger charge is 2.18. The highest BCUT2D eigenvalue weighted by atomic mass is 16.5. The largest absolute Gasteiger partial charge is 0.496 e. The Morgan fingerprint density at radius 2 is 1.48 bits per heavy atom. The Morgan fingerprint density at radius 1 is 0.862 bits per heavy atom. The van der Waals surface area contributed by atoms with Gasteiger partial charge in [-0.05, 0) is 43.3 Å². The summed E-state index contributed by atoms with van der Waals surface area (Å²) in [4.78, 5) is 12.7. The minimum absolute atomic E-state index is 0.284. The van der Waals surface area contributed by atoms with Crippen LogP contribution in [0.15, 0.2) is 54.6 Å². The third-order valence-corrected chi connectivity index (χ3v) is 4.01. The summed E-state index contributed by atoms with van der Waals surface area (Å²) in [5.41, 5.74) is 1.06. The second-order valence-corrected chi connectivity index (χ2v) is 5.85. The average molecular weight is 394 g/mol. The van der Waals surface area contributed by atoms with E-state index < -0.39 is 5.91 Å². The summed E-state index contributed by atoms with van der Waals surface area (Å²) in [6, 6.07) is 16.0. The Balaban J connectivity index is 1.74. The van der Waals surface area contributed by atoms with E-state index >= 15 is 0 Å². The van der Waals surface area contributed by atoms with Crippen LogP contribution in [-0.2, 0) is 0 Å². The maximum atomic E-state index is 12.7. The summed E-state index contributed by atoms with van der Waals surface area (Å²) in [6.07, 6.45) is 0. The Kier molecular flexibility index (Phi) is 6.47. The molecule has 0 saturated carbocycles. The molecule has 8 heteroatoms. The summed E-state index contributed by atoms with van der Waals surface area (Å²) >= 11 is 0. The molecule has 0 aliphatic rings. The molecule has 0 fully saturated rings. The number of hydrogen-bond donors (Lipinski definition) is 2. The molecule has 3 aromatic rings. The normalized spacial score (nSPS) is 10.2. The van der Waals surface area contributed by atoms with Crippen LogP contribution in [0, 0.1) is 0 Å².